The first kappa shape index (κ1) is 14.6. The van der Waals surface area contributed by atoms with Crippen LogP contribution in [0.15, 0.2) is 60.7 Å². The molecule has 1 heterocycles. The minimum atomic E-state index is -0.0532. The minimum Gasteiger partial charge on any atom is -0.508 e. The molecule has 24 heavy (non-hydrogen) atoms. The highest BCUT2D eigenvalue weighted by Crippen LogP contribution is 2.29. The molecule has 2 N–H and O–H groups in total. The molecule has 0 bridgehead atoms. The number of fused-ring (bicyclic) bond motifs is 2. The predicted octanol–water partition coefficient (Wildman–Crippen LogP) is 3.55. The van der Waals surface area contributed by atoms with Gasteiger partial charge in [0.2, 0.25) is 5.91 Å². The van der Waals surface area contributed by atoms with Crippen LogP contribution in [0.2, 0.25) is 0 Å². The average Bonchev–Trinajstić information content (AvgIpc) is 2.98. The molecular weight excluding hydrogens is 300 g/mol. The number of phenolic OH excluding ortho intramolecular Hbond substituents is 1. The lowest BCUT2D eigenvalue weighted by atomic mass is 10.1. The first-order chi connectivity index (χ1) is 11.7. The molecule has 120 valence electrons. The Balaban J connectivity index is 1.54. The number of carbonyl (C=O) groups excluding carboxylic acids is 1. The molecule has 0 fully saturated rings. The van der Waals surface area contributed by atoms with Crippen molar-refractivity contribution in [2.75, 3.05) is 23.3 Å². The monoisotopic (exact) mass is 318 g/mol. The average molecular weight is 318 g/mol. The van der Waals surface area contributed by atoms with Gasteiger partial charge < -0.3 is 15.3 Å². The summed E-state index contributed by atoms with van der Waals surface area (Å²) in [5, 5.41) is 14.5. The van der Waals surface area contributed by atoms with Crippen LogP contribution in [-0.4, -0.2) is 24.1 Å². The van der Waals surface area contributed by atoms with Gasteiger partial charge in [0.25, 0.3) is 0 Å². The van der Waals surface area contributed by atoms with E-state index in [0.717, 1.165) is 35.1 Å². The SMILES string of the molecule is O=C(CN1CCc2ccccc21)Nc1cccc2ccc(O)cc12. The third-order valence-electron chi connectivity index (χ3n) is 4.46. The Bertz CT molecular complexity index is 920. The van der Waals surface area contributed by atoms with Gasteiger partial charge in [-0.25, -0.2) is 0 Å². The maximum atomic E-state index is 12.5. The second-order valence-corrected chi connectivity index (χ2v) is 6.06. The molecule has 0 saturated carbocycles. The molecule has 4 rings (SSSR count). The second-order valence-electron chi connectivity index (χ2n) is 6.06. The van der Waals surface area contributed by atoms with Gasteiger partial charge in [-0.1, -0.05) is 36.4 Å². The largest absolute Gasteiger partial charge is 0.508 e. The zero-order valence-corrected chi connectivity index (χ0v) is 13.2. The highest BCUT2D eigenvalue weighted by atomic mass is 16.3. The maximum absolute atomic E-state index is 12.5. The van der Waals surface area contributed by atoms with Crippen LogP contribution in [0, 0.1) is 0 Å². The van der Waals surface area contributed by atoms with Gasteiger partial charge >= 0.3 is 0 Å². The number of nitrogens with one attached hydrogen (secondary N) is 1. The Morgan fingerprint density at radius 3 is 2.88 bits per heavy atom. The highest BCUT2D eigenvalue weighted by molar-refractivity contribution is 6.03. The summed E-state index contributed by atoms with van der Waals surface area (Å²) in [6, 6.07) is 19.1. The Kier molecular flexibility index (Phi) is 3.58. The molecule has 4 nitrogen and oxygen atoms in total. The van der Waals surface area contributed by atoms with E-state index >= 15 is 0 Å². The fourth-order valence-corrected chi connectivity index (χ4v) is 3.30. The van der Waals surface area contributed by atoms with E-state index in [1.54, 1.807) is 12.1 Å². The molecule has 3 aromatic rings. The van der Waals surface area contributed by atoms with E-state index in [9.17, 15) is 9.90 Å². The first-order valence-electron chi connectivity index (χ1n) is 8.05. The van der Waals surface area contributed by atoms with E-state index in [4.69, 9.17) is 0 Å². The van der Waals surface area contributed by atoms with E-state index in [0.29, 0.717) is 6.54 Å². The number of amides is 1. The van der Waals surface area contributed by atoms with Crippen LogP contribution in [0.1, 0.15) is 5.56 Å². The standard InChI is InChI=1S/C20H18N2O2/c23-16-9-8-14-5-3-6-18(17(14)12-16)21-20(24)13-22-11-10-15-4-1-2-7-19(15)22/h1-9,12,23H,10-11,13H2,(H,21,24). The highest BCUT2D eigenvalue weighted by Gasteiger charge is 2.20. The van der Waals surface area contributed by atoms with E-state index < -0.39 is 0 Å². The summed E-state index contributed by atoms with van der Waals surface area (Å²) in [5.41, 5.74) is 3.16. The molecular formula is C20H18N2O2. The quantitative estimate of drug-likeness (QED) is 0.776. The number of para-hydroxylation sites is 1. The summed E-state index contributed by atoms with van der Waals surface area (Å²) >= 11 is 0. The van der Waals surface area contributed by atoms with E-state index in [1.807, 2.05) is 36.4 Å². The van der Waals surface area contributed by atoms with Gasteiger partial charge in [-0.3, -0.25) is 4.79 Å². The number of hydrogen-bond acceptors (Lipinski definition) is 3. The zero-order valence-electron chi connectivity index (χ0n) is 13.2. The number of carbonyl (C=O) groups is 1. The molecule has 0 spiro atoms. The number of phenols is 1. The lowest BCUT2D eigenvalue weighted by Crippen LogP contribution is -2.31. The lowest BCUT2D eigenvalue weighted by molar-refractivity contribution is -0.114. The van der Waals surface area contributed by atoms with Crippen LogP contribution in [-0.2, 0) is 11.2 Å². The van der Waals surface area contributed by atoms with Crippen LogP contribution >= 0.6 is 0 Å². The summed E-state index contributed by atoms with van der Waals surface area (Å²) in [6.45, 7) is 1.19. The van der Waals surface area contributed by atoms with Crippen LogP contribution in [0.3, 0.4) is 0 Å². The number of benzene rings is 3. The van der Waals surface area contributed by atoms with Crippen LogP contribution in [0.25, 0.3) is 10.8 Å². The van der Waals surface area contributed by atoms with Crippen LogP contribution in [0.5, 0.6) is 5.75 Å². The minimum absolute atomic E-state index is 0.0532. The van der Waals surface area contributed by atoms with Gasteiger partial charge in [-0.05, 0) is 41.6 Å². The number of rotatable bonds is 3. The number of anilines is 2. The van der Waals surface area contributed by atoms with Gasteiger partial charge in [-0.15, -0.1) is 0 Å². The summed E-state index contributed by atoms with van der Waals surface area (Å²) in [6.07, 6.45) is 0.978. The maximum Gasteiger partial charge on any atom is 0.243 e. The van der Waals surface area contributed by atoms with E-state index in [1.165, 1.54) is 5.56 Å². The van der Waals surface area contributed by atoms with Gasteiger partial charge in [0, 0.05) is 23.3 Å². The molecule has 0 radical (unpaired) electrons. The summed E-state index contributed by atoms with van der Waals surface area (Å²) < 4.78 is 0. The smallest absolute Gasteiger partial charge is 0.243 e. The molecule has 0 unspecified atom stereocenters. The van der Waals surface area contributed by atoms with Gasteiger partial charge in [0.15, 0.2) is 0 Å². The van der Waals surface area contributed by atoms with Crippen molar-refractivity contribution in [3.63, 3.8) is 0 Å². The van der Waals surface area contributed by atoms with Crippen molar-refractivity contribution in [1.82, 2.24) is 0 Å². The van der Waals surface area contributed by atoms with Crippen molar-refractivity contribution in [2.24, 2.45) is 0 Å². The van der Waals surface area contributed by atoms with Gasteiger partial charge in [-0.2, -0.15) is 0 Å². The summed E-state index contributed by atoms with van der Waals surface area (Å²) in [5.74, 6) is 0.139. The van der Waals surface area contributed by atoms with E-state index in [2.05, 4.69) is 22.3 Å². The van der Waals surface area contributed by atoms with Crippen molar-refractivity contribution < 1.29 is 9.90 Å². The van der Waals surface area contributed by atoms with Gasteiger partial charge in [0.05, 0.1) is 6.54 Å². The third-order valence-corrected chi connectivity index (χ3v) is 4.46. The van der Waals surface area contributed by atoms with E-state index in [-0.39, 0.29) is 11.7 Å². The van der Waals surface area contributed by atoms with Gasteiger partial charge in [0.1, 0.15) is 5.75 Å². The second kappa shape index (κ2) is 5.89. The lowest BCUT2D eigenvalue weighted by Gasteiger charge is -2.19. The Morgan fingerprint density at radius 1 is 1.08 bits per heavy atom. The van der Waals surface area contributed by atoms with Crippen molar-refractivity contribution in [1.29, 1.82) is 0 Å². The Hall–Kier alpha value is -3.01. The fourth-order valence-electron chi connectivity index (χ4n) is 3.30. The third kappa shape index (κ3) is 2.67. The molecule has 0 aromatic heterocycles. The first-order valence-corrected chi connectivity index (χ1v) is 8.05. The molecule has 0 saturated heterocycles. The van der Waals surface area contributed by atoms with Crippen molar-refractivity contribution in [3.05, 3.63) is 66.2 Å². The molecule has 1 aliphatic heterocycles. The Labute approximate surface area is 140 Å². The summed E-state index contributed by atoms with van der Waals surface area (Å²) in [7, 11) is 0. The molecule has 1 aliphatic rings. The van der Waals surface area contributed by atoms with Crippen LogP contribution < -0.4 is 10.2 Å². The Morgan fingerprint density at radius 2 is 1.96 bits per heavy atom. The van der Waals surface area contributed by atoms with Crippen molar-refractivity contribution >= 4 is 28.1 Å². The number of hydrogen-bond donors (Lipinski definition) is 2. The summed E-state index contributed by atoms with van der Waals surface area (Å²) in [4.78, 5) is 14.6. The molecule has 1 amide bonds. The zero-order chi connectivity index (χ0) is 16.5. The predicted molar refractivity (Wildman–Crippen MR) is 96.6 cm³/mol. The van der Waals surface area contributed by atoms with Crippen molar-refractivity contribution in [3.8, 4) is 5.75 Å². The molecule has 0 atom stereocenters. The number of aromatic hydroxyl groups is 1. The molecule has 4 heteroatoms. The fraction of sp³-hybridized carbons (Fsp3) is 0.150. The topological polar surface area (TPSA) is 52.6 Å². The number of nitrogens with zero attached hydrogens (tertiary/aromatic N) is 1. The normalized spacial score (nSPS) is 13.1. The van der Waals surface area contributed by atoms with Crippen LogP contribution in [0.4, 0.5) is 11.4 Å². The molecule has 3 aromatic carbocycles. The van der Waals surface area contributed by atoms with Crippen molar-refractivity contribution in [2.45, 2.75) is 6.42 Å². The molecule has 0 aliphatic carbocycles.